The molecule has 2 atom stereocenters. The average Bonchev–Trinajstić information content (AvgIpc) is 2.91. The van der Waals surface area contributed by atoms with Gasteiger partial charge < -0.3 is 10.1 Å². The van der Waals surface area contributed by atoms with E-state index >= 15 is 0 Å². The van der Waals surface area contributed by atoms with Crippen LogP contribution in [0.1, 0.15) is 30.5 Å². The summed E-state index contributed by atoms with van der Waals surface area (Å²) in [6.07, 6.45) is 1.71. The number of hydrogen-bond acceptors (Lipinski definition) is 2. The van der Waals surface area contributed by atoms with Gasteiger partial charge in [-0.05, 0) is 31.0 Å². The third kappa shape index (κ3) is 2.44. The molecule has 0 saturated carbocycles. The maximum absolute atomic E-state index is 12.9. The maximum atomic E-state index is 12.9. The Kier molecular flexibility index (Phi) is 3.45. The summed E-state index contributed by atoms with van der Waals surface area (Å²) < 4.78 is 5.67. The molecule has 0 radical (unpaired) electrons. The lowest BCUT2D eigenvalue weighted by Crippen LogP contribution is -2.45. The highest BCUT2D eigenvalue weighted by molar-refractivity contribution is 5.95. The van der Waals surface area contributed by atoms with Crippen molar-refractivity contribution < 1.29 is 9.53 Å². The van der Waals surface area contributed by atoms with Crippen LogP contribution >= 0.6 is 0 Å². The summed E-state index contributed by atoms with van der Waals surface area (Å²) >= 11 is 0. The Morgan fingerprint density at radius 2 is 1.96 bits per heavy atom. The van der Waals surface area contributed by atoms with Crippen LogP contribution in [-0.4, -0.2) is 18.7 Å². The van der Waals surface area contributed by atoms with Gasteiger partial charge in [-0.2, -0.15) is 0 Å². The Hall–Kier alpha value is -2.49. The van der Waals surface area contributed by atoms with E-state index < -0.39 is 0 Å². The molecule has 4 rings (SSSR count). The lowest BCUT2D eigenvalue weighted by atomic mass is 10.0. The number of anilines is 1. The molecule has 2 aromatic carbocycles. The summed E-state index contributed by atoms with van der Waals surface area (Å²) in [7, 11) is 0. The second-order valence-corrected chi connectivity index (χ2v) is 6.23. The number of rotatable bonds is 1. The predicted octanol–water partition coefficient (Wildman–Crippen LogP) is 3.67. The summed E-state index contributed by atoms with van der Waals surface area (Å²) in [5, 5.41) is 3.20. The molecule has 23 heavy (non-hydrogen) atoms. The molecule has 0 aliphatic carbocycles. The van der Waals surface area contributed by atoms with Gasteiger partial charge in [0.05, 0.1) is 12.6 Å². The third-order valence-electron chi connectivity index (χ3n) is 4.68. The number of nitrogens with one attached hydrogen (secondary N) is 1. The standard InChI is InChI=1S/C19H20N2O2/c1-13-12-14-6-2-4-8-17(14)21(13)19(22)20-16-10-11-23-18-9-5-3-7-15(16)18/h2-9,13,16H,10-12H2,1H3,(H,20,22). The number of fused-ring (bicyclic) bond motifs is 2. The molecule has 4 heteroatoms. The maximum Gasteiger partial charge on any atom is 0.322 e. The van der Waals surface area contributed by atoms with Gasteiger partial charge >= 0.3 is 6.03 Å². The first kappa shape index (κ1) is 14.1. The van der Waals surface area contributed by atoms with E-state index in [1.165, 1.54) is 5.56 Å². The van der Waals surface area contributed by atoms with Gasteiger partial charge in [-0.1, -0.05) is 36.4 Å². The second-order valence-electron chi connectivity index (χ2n) is 6.23. The van der Waals surface area contributed by atoms with Crippen molar-refractivity contribution in [1.29, 1.82) is 0 Å². The molecule has 2 amide bonds. The van der Waals surface area contributed by atoms with E-state index in [-0.39, 0.29) is 18.1 Å². The Morgan fingerprint density at radius 3 is 2.87 bits per heavy atom. The molecule has 1 N–H and O–H groups in total. The Bertz CT molecular complexity index is 744. The van der Waals surface area contributed by atoms with E-state index in [1.807, 2.05) is 47.4 Å². The highest BCUT2D eigenvalue weighted by Crippen LogP contribution is 2.34. The van der Waals surface area contributed by atoms with Gasteiger partial charge in [0, 0.05) is 23.7 Å². The summed E-state index contributed by atoms with van der Waals surface area (Å²) in [4.78, 5) is 14.8. The number of hydrogen-bond donors (Lipinski definition) is 1. The van der Waals surface area contributed by atoms with Crippen LogP contribution in [0.15, 0.2) is 48.5 Å². The van der Waals surface area contributed by atoms with Crippen LogP contribution in [0.25, 0.3) is 0 Å². The van der Waals surface area contributed by atoms with Crippen LogP contribution in [0.3, 0.4) is 0 Å². The van der Waals surface area contributed by atoms with Crippen molar-refractivity contribution in [2.24, 2.45) is 0 Å². The van der Waals surface area contributed by atoms with Gasteiger partial charge in [-0.25, -0.2) is 4.79 Å². The molecule has 4 nitrogen and oxygen atoms in total. The van der Waals surface area contributed by atoms with Crippen molar-refractivity contribution in [2.45, 2.75) is 31.8 Å². The number of carbonyl (C=O) groups is 1. The van der Waals surface area contributed by atoms with Gasteiger partial charge in [0.25, 0.3) is 0 Å². The van der Waals surface area contributed by atoms with E-state index in [4.69, 9.17) is 4.74 Å². The Balaban J connectivity index is 1.58. The van der Waals surface area contributed by atoms with Gasteiger partial charge in [0.15, 0.2) is 0 Å². The van der Waals surface area contributed by atoms with Crippen LogP contribution in [0.4, 0.5) is 10.5 Å². The summed E-state index contributed by atoms with van der Waals surface area (Å²) in [5.41, 5.74) is 3.33. The number of urea groups is 1. The molecule has 2 aromatic rings. The zero-order chi connectivity index (χ0) is 15.8. The molecule has 2 unspecified atom stereocenters. The molecule has 0 aromatic heterocycles. The van der Waals surface area contributed by atoms with Gasteiger partial charge in [0.1, 0.15) is 5.75 Å². The van der Waals surface area contributed by atoms with Crippen LogP contribution < -0.4 is 15.0 Å². The van der Waals surface area contributed by atoms with Gasteiger partial charge in [-0.3, -0.25) is 4.90 Å². The van der Waals surface area contributed by atoms with E-state index in [1.54, 1.807) is 0 Å². The second kappa shape index (κ2) is 5.61. The number of amides is 2. The van der Waals surface area contributed by atoms with E-state index in [9.17, 15) is 4.79 Å². The van der Waals surface area contributed by atoms with Crippen molar-refractivity contribution in [3.8, 4) is 5.75 Å². The highest BCUT2D eigenvalue weighted by atomic mass is 16.5. The number of carbonyl (C=O) groups excluding carboxylic acids is 1. The molecule has 118 valence electrons. The van der Waals surface area contributed by atoms with Crippen LogP contribution in [-0.2, 0) is 6.42 Å². The minimum atomic E-state index is -0.0239. The Labute approximate surface area is 136 Å². The quantitative estimate of drug-likeness (QED) is 0.873. The van der Waals surface area contributed by atoms with Crippen molar-refractivity contribution >= 4 is 11.7 Å². The number of ether oxygens (including phenoxy) is 1. The third-order valence-corrected chi connectivity index (χ3v) is 4.68. The van der Waals surface area contributed by atoms with Gasteiger partial charge in [-0.15, -0.1) is 0 Å². The highest BCUT2D eigenvalue weighted by Gasteiger charge is 2.32. The first-order chi connectivity index (χ1) is 11.2. The lowest BCUT2D eigenvalue weighted by molar-refractivity contribution is 0.227. The molecule has 2 aliphatic heterocycles. The first-order valence-electron chi connectivity index (χ1n) is 8.13. The van der Waals surface area contributed by atoms with Crippen LogP contribution in [0, 0.1) is 0 Å². The monoisotopic (exact) mass is 308 g/mol. The van der Waals surface area contributed by atoms with Crippen molar-refractivity contribution in [3.63, 3.8) is 0 Å². The van der Waals surface area contributed by atoms with Gasteiger partial charge in [0.2, 0.25) is 0 Å². The SMILES string of the molecule is CC1Cc2ccccc2N1C(=O)NC1CCOc2ccccc21. The fourth-order valence-electron chi connectivity index (χ4n) is 3.59. The molecule has 2 aliphatic rings. The lowest BCUT2D eigenvalue weighted by Gasteiger charge is -2.30. The minimum absolute atomic E-state index is 0.00686. The van der Waals surface area contributed by atoms with Crippen LogP contribution in [0.5, 0.6) is 5.75 Å². The van der Waals surface area contributed by atoms with E-state index in [2.05, 4.69) is 18.3 Å². The fourth-order valence-corrected chi connectivity index (χ4v) is 3.59. The first-order valence-corrected chi connectivity index (χ1v) is 8.13. The average molecular weight is 308 g/mol. The Morgan fingerprint density at radius 1 is 1.17 bits per heavy atom. The molecule has 0 saturated heterocycles. The number of nitrogens with zero attached hydrogens (tertiary/aromatic N) is 1. The number of benzene rings is 2. The molecular formula is C19H20N2O2. The fraction of sp³-hybridized carbons (Fsp3) is 0.316. The molecular weight excluding hydrogens is 288 g/mol. The van der Waals surface area contributed by atoms with Crippen molar-refractivity contribution in [2.75, 3.05) is 11.5 Å². The number of para-hydroxylation sites is 2. The van der Waals surface area contributed by atoms with Crippen molar-refractivity contribution in [3.05, 3.63) is 59.7 Å². The zero-order valence-corrected chi connectivity index (χ0v) is 13.2. The smallest absolute Gasteiger partial charge is 0.322 e. The molecule has 2 heterocycles. The topological polar surface area (TPSA) is 41.6 Å². The van der Waals surface area contributed by atoms with Crippen LogP contribution in [0.2, 0.25) is 0 Å². The predicted molar refractivity (Wildman–Crippen MR) is 89.9 cm³/mol. The summed E-state index contributed by atoms with van der Waals surface area (Å²) in [6, 6.07) is 16.2. The van der Waals surface area contributed by atoms with Crippen molar-refractivity contribution in [1.82, 2.24) is 5.32 Å². The summed E-state index contributed by atoms with van der Waals surface area (Å²) in [5.74, 6) is 0.874. The normalized spacial score (nSPS) is 22.0. The van der Waals surface area contributed by atoms with E-state index in [0.717, 1.165) is 29.8 Å². The molecule has 0 bridgehead atoms. The molecule has 0 spiro atoms. The summed E-state index contributed by atoms with van der Waals surface area (Å²) in [6.45, 7) is 2.73. The van der Waals surface area contributed by atoms with E-state index in [0.29, 0.717) is 6.61 Å². The largest absolute Gasteiger partial charge is 0.493 e. The molecule has 0 fully saturated rings. The minimum Gasteiger partial charge on any atom is -0.493 e. The zero-order valence-electron chi connectivity index (χ0n) is 13.2.